The van der Waals surface area contributed by atoms with Gasteiger partial charge < -0.3 is 4.90 Å². The van der Waals surface area contributed by atoms with Crippen LogP contribution in [-0.4, -0.2) is 0 Å². The number of hydrogen-bond donors (Lipinski definition) is 0. The third-order valence-electron chi connectivity index (χ3n) is 17.0. The van der Waals surface area contributed by atoms with Crippen molar-refractivity contribution in [2.75, 3.05) is 4.90 Å². The summed E-state index contributed by atoms with van der Waals surface area (Å²) in [4.78, 5) is 2.62. The minimum Gasteiger partial charge on any atom is -0.310 e. The van der Waals surface area contributed by atoms with Crippen LogP contribution in [0.1, 0.15) is 84.0 Å². The fraction of sp³-hybridized carbons (Fsp3) is 0.169. The van der Waals surface area contributed by atoms with Gasteiger partial charge in [0.2, 0.25) is 0 Å². The predicted octanol–water partition coefficient (Wildman–Crippen LogP) is 16.6. The molecule has 3 unspecified atom stereocenters. The zero-order valence-electron chi connectivity index (χ0n) is 37.6. The van der Waals surface area contributed by atoms with Crippen molar-refractivity contribution in [3.63, 3.8) is 0 Å². The lowest BCUT2D eigenvalue weighted by atomic mass is 9.67. The van der Waals surface area contributed by atoms with Gasteiger partial charge in [-0.1, -0.05) is 202 Å². The zero-order chi connectivity index (χ0) is 43.8. The van der Waals surface area contributed by atoms with Crippen molar-refractivity contribution in [3.05, 3.63) is 257 Å². The topological polar surface area (TPSA) is 3.24 Å². The number of anilines is 3. The maximum atomic E-state index is 2.63. The summed E-state index contributed by atoms with van der Waals surface area (Å²) in [6, 6.07) is 81.1. The van der Waals surface area contributed by atoms with Crippen molar-refractivity contribution in [1.29, 1.82) is 0 Å². The first-order valence-corrected chi connectivity index (χ1v) is 24.2. The summed E-state index contributed by atoms with van der Waals surface area (Å²) in [6.45, 7) is 4.81. The Morgan fingerprint density at radius 1 is 0.424 bits per heavy atom. The summed E-state index contributed by atoms with van der Waals surface area (Å²) in [5.41, 5.74) is 24.8. The first-order valence-electron chi connectivity index (χ1n) is 24.2. The molecule has 2 saturated carbocycles. The van der Waals surface area contributed by atoms with Gasteiger partial charge in [-0.25, -0.2) is 0 Å². The van der Waals surface area contributed by atoms with E-state index >= 15 is 0 Å². The van der Waals surface area contributed by atoms with Crippen molar-refractivity contribution in [2.45, 2.75) is 55.8 Å². The van der Waals surface area contributed by atoms with Crippen LogP contribution in [0.2, 0.25) is 0 Å². The van der Waals surface area contributed by atoms with Crippen LogP contribution in [0.4, 0.5) is 17.1 Å². The number of rotatable bonds is 6. The number of benzene rings is 9. The van der Waals surface area contributed by atoms with Crippen LogP contribution < -0.4 is 4.90 Å². The maximum absolute atomic E-state index is 2.63. The highest BCUT2D eigenvalue weighted by Gasteiger charge is 2.57. The minimum atomic E-state index is -0.504. The largest absolute Gasteiger partial charge is 0.310 e. The quantitative estimate of drug-likeness (QED) is 0.161. The van der Waals surface area contributed by atoms with Gasteiger partial charge in [-0.15, -0.1) is 0 Å². The SMILES string of the molecule is CC1(C)c2ccccc2-c2cccc(-c3cccc(N(c4ccc5c(c4)C4(CC6CCC4C6)c4ccccc4-5)c4cccc5c4-c4ccccc4C5(c4ccccc4)c4ccccc4)c3)c21. The van der Waals surface area contributed by atoms with E-state index in [9.17, 15) is 0 Å². The van der Waals surface area contributed by atoms with Gasteiger partial charge in [0.1, 0.15) is 0 Å². The van der Waals surface area contributed by atoms with Gasteiger partial charge >= 0.3 is 0 Å². The second kappa shape index (κ2) is 13.9. The molecule has 0 N–H and O–H groups in total. The molecule has 0 saturated heterocycles. The van der Waals surface area contributed by atoms with E-state index in [0.717, 1.165) is 5.92 Å². The standard InChI is InChI=1S/C65H51N/c1-63(2)55-29-12-9-25-51(55)53-28-16-27-49(62(53)63)43-18-15-23-47(39-43)66(48-36-37-52-50-24-10-13-30-56(50)64(59(52)40-48)41-42-34-35-46(64)38-42)60-33-17-32-58-61(60)54-26-11-14-31-57(54)65(58,44-19-5-3-6-20-44)45-21-7-4-8-22-45/h3-33,36-37,39-40,42,46H,34-35,38,41H2,1-2H3. The lowest BCUT2D eigenvalue weighted by Gasteiger charge is -2.37. The van der Waals surface area contributed by atoms with Gasteiger partial charge in [0.25, 0.3) is 0 Å². The van der Waals surface area contributed by atoms with Gasteiger partial charge in [0.05, 0.1) is 11.1 Å². The highest BCUT2D eigenvalue weighted by atomic mass is 15.1. The summed E-state index contributed by atoms with van der Waals surface area (Å²) in [6.07, 6.45) is 5.28. The van der Waals surface area contributed by atoms with Crippen LogP contribution in [-0.2, 0) is 16.2 Å². The van der Waals surface area contributed by atoms with Crippen molar-refractivity contribution in [3.8, 4) is 44.5 Å². The normalized spacial score (nSPS) is 20.3. The molecule has 0 aliphatic heterocycles. The lowest BCUT2D eigenvalue weighted by Crippen LogP contribution is -2.32. The Hall–Kier alpha value is -7.22. The van der Waals surface area contributed by atoms with Gasteiger partial charge in [-0.05, 0) is 145 Å². The molecular formula is C65H51N. The highest BCUT2D eigenvalue weighted by Crippen LogP contribution is 2.67. The molecule has 2 bridgehead atoms. The minimum absolute atomic E-state index is 0.0601. The summed E-state index contributed by atoms with van der Waals surface area (Å²) < 4.78 is 0. The molecule has 2 fully saturated rings. The monoisotopic (exact) mass is 845 g/mol. The first kappa shape index (κ1) is 38.1. The summed E-state index contributed by atoms with van der Waals surface area (Å²) in [5.74, 6) is 1.47. The number of fused-ring (bicyclic) bond motifs is 14. The van der Waals surface area contributed by atoms with Crippen molar-refractivity contribution >= 4 is 17.1 Å². The van der Waals surface area contributed by atoms with Gasteiger partial charge in [0, 0.05) is 27.8 Å². The average molecular weight is 846 g/mol. The predicted molar refractivity (Wildman–Crippen MR) is 273 cm³/mol. The van der Waals surface area contributed by atoms with Gasteiger partial charge in [0.15, 0.2) is 0 Å². The van der Waals surface area contributed by atoms with Crippen molar-refractivity contribution in [2.24, 2.45) is 11.8 Å². The Bertz CT molecular complexity index is 3390. The zero-order valence-corrected chi connectivity index (χ0v) is 37.6. The fourth-order valence-corrected chi connectivity index (χ4v) is 14.5. The molecule has 316 valence electrons. The molecular weight excluding hydrogens is 795 g/mol. The smallest absolute Gasteiger partial charge is 0.0714 e. The molecule has 0 radical (unpaired) electrons. The Morgan fingerprint density at radius 3 is 1.73 bits per heavy atom. The molecule has 5 aliphatic rings. The highest BCUT2D eigenvalue weighted by molar-refractivity contribution is 5.99. The molecule has 0 heterocycles. The van der Waals surface area contributed by atoms with E-state index in [0.29, 0.717) is 5.92 Å². The molecule has 66 heavy (non-hydrogen) atoms. The Kier molecular flexibility index (Phi) is 8.02. The Labute approximate surface area is 389 Å². The number of nitrogens with zero attached hydrogens (tertiary/aromatic N) is 1. The van der Waals surface area contributed by atoms with E-state index in [2.05, 4.69) is 231 Å². The second-order valence-corrected chi connectivity index (χ2v) is 20.3. The van der Waals surface area contributed by atoms with Gasteiger partial charge in [-0.3, -0.25) is 0 Å². The first-order chi connectivity index (χ1) is 32.5. The van der Waals surface area contributed by atoms with Crippen LogP contribution in [0, 0.1) is 11.8 Å². The van der Waals surface area contributed by atoms with E-state index < -0.39 is 5.41 Å². The number of hydrogen-bond acceptors (Lipinski definition) is 1. The van der Waals surface area contributed by atoms with Crippen LogP contribution >= 0.6 is 0 Å². The summed E-state index contributed by atoms with van der Waals surface area (Å²) >= 11 is 0. The van der Waals surface area contributed by atoms with Gasteiger partial charge in [-0.2, -0.15) is 0 Å². The maximum Gasteiger partial charge on any atom is 0.0714 e. The molecule has 5 aliphatic carbocycles. The van der Waals surface area contributed by atoms with Crippen molar-refractivity contribution in [1.82, 2.24) is 0 Å². The average Bonchev–Trinajstić information content (AvgIpc) is 4.18. The second-order valence-electron chi connectivity index (χ2n) is 20.3. The van der Waals surface area contributed by atoms with E-state index in [-0.39, 0.29) is 10.8 Å². The summed E-state index contributed by atoms with van der Waals surface area (Å²) in [5, 5.41) is 0. The molecule has 1 spiro atoms. The Morgan fingerprint density at radius 2 is 1.00 bits per heavy atom. The van der Waals surface area contributed by atoms with Crippen molar-refractivity contribution < 1.29 is 0 Å². The van der Waals surface area contributed by atoms with Crippen LogP contribution in [0.5, 0.6) is 0 Å². The third-order valence-corrected chi connectivity index (χ3v) is 17.0. The molecule has 0 aromatic heterocycles. The van der Waals surface area contributed by atoms with E-state index in [1.54, 1.807) is 5.56 Å². The van der Waals surface area contributed by atoms with E-state index in [1.807, 2.05) is 0 Å². The van der Waals surface area contributed by atoms with Crippen LogP contribution in [0.3, 0.4) is 0 Å². The van der Waals surface area contributed by atoms with E-state index in [4.69, 9.17) is 0 Å². The molecule has 9 aromatic carbocycles. The van der Waals surface area contributed by atoms with Crippen LogP contribution in [0.15, 0.2) is 212 Å². The molecule has 0 amide bonds. The van der Waals surface area contributed by atoms with E-state index in [1.165, 1.54) is 126 Å². The third kappa shape index (κ3) is 4.96. The van der Waals surface area contributed by atoms with Crippen LogP contribution in [0.25, 0.3) is 44.5 Å². The molecule has 14 rings (SSSR count). The molecule has 1 nitrogen and oxygen atoms in total. The molecule has 3 atom stereocenters. The molecule has 9 aromatic rings. The Balaban J connectivity index is 1.04. The lowest BCUT2D eigenvalue weighted by molar-refractivity contribution is 0.327. The molecule has 1 heteroatoms. The summed E-state index contributed by atoms with van der Waals surface area (Å²) in [7, 11) is 0. The fourth-order valence-electron chi connectivity index (χ4n) is 14.5.